The number of hydrogen-bond donors (Lipinski definition) is 4. The van der Waals surface area contributed by atoms with Crippen molar-refractivity contribution in [3.63, 3.8) is 0 Å². The number of imidazole rings is 1. The number of carbonyl (C=O) groups is 1. The van der Waals surface area contributed by atoms with Gasteiger partial charge in [-0.15, -0.1) is 0 Å². The molecule has 0 amide bonds. The average Bonchev–Trinajstić information content (AvgIpc) is 3.43. The highest BCUT2D eigenvalue weighted by Crippen LogP contribution is 2.35. The van der Waals surface area contributed by atoms with Crippen molar-refractivity contribution in [2.24, 2.45) is 0 Å². The van der Waals surface area contributed by atoms with Gasteiger partial charge in [0.05, 0.1) is 24.1 Å². The second-order valence-corrected chi connectivity index (χ2v) is 9.53. The van der Waals surface area contributed by atoms with E-state index in [2.05, 4.69) is 20.3 Å². The maximum Gasteiger partial charge on any atom is 0.336 e. The molecule has 5 rings (SSSR count). The number of aryl methyl sites for hydroxylation is 2. The van der Waals surface area contributed by atoms with Gasteiger partial charge in [0.25, 0.3) is 0 Å². The lowest BCUT2D eigenvalue weighted by atomic mass is 9.99. The molecule has 0 saturated heterocycles. The summed E-state index contributed by atoms with van der Waals surface area (Å²) in [7, 11) is 0. The number of ether oxygens (including phenoxy) is 1. The average molecular weight is 540 g/mol. The smallest absolute Gasteiger partial charge is 0.336 e. The van der Waals surface area contributed by atoms with Crippen molar-refractivity contribution >= 4 is 28.2 Å². The molecule has 0 radical (unpaired) electrons. The van der Waals surface area contributed by atoms with E-state index in [4.69, 9.17) is 10.5 Å². The maximum atomic E-state index is 16.0. The SMILES string of the molecule is CCOc1cc(CC)cc(C(Nc2ccc3c(N)nccc3c2)c2ncc(-c3cc(C)ccc3C(=O)O)[nH]2)c1F. The number of pyridine rings is 1. The number of aromatic carboxylic acids is 1. The van der Waals surface area contributed by atoms with Crippen molar-refractivity contribution in [1.82, 2.24) is 15.0 Å². The lowest BCUT2D eigenvalue weighted by Crippen LogP contribution is -2.17. The van der Waals surface area contributed by atoms with Gasteiger partial charge in [0.2, 0.25) is 0 Å². The summed E-state index contributed by atoms with van der Waals surface area (Å²) < 4.78 is 21.6. The van der Waals surface area contributed by atoms with Crippen LogP contribution in [0.2, 0.25) is 0 Å². The molecule has 1 atom stereocenters. The Morgan fingerprint density at radius 2 is 1.95 bits per heavy atom. The number of anilines is 2. The number of aromatic nitrogens is 3. The summed E-state index contributed by atoms with van der Waals surface area (Å²) in [5.41, 5.74) is 10.1. The van der Waals surface area contributed by atoms with Crippen molar-refractivity contribution < 1.29 is 19.0 Å². The van der Waals surface area contributed by atoms with Gasteiger partial charge in [-0.05, 0) is 73.7 Å². The van der Waals surface area contributed by atoms with Gasteiger partial charge in [0.15, 0.2) is 11.6 Å². The number of rotatable bonds is 9. The Kier molecular flexibility index (Phi) is 7.37. The molecule has 5 N–H and O–H groups in total. The highest BCUT2D eigenvalue weighted by atomic mass is 19.1. The number of nitrogens with zero attached hydrogens (tertiary/aromatic N) is 2. The van der Waals surface area contributed by atoms with Crippen LogP contribution in [-0.2, 0) is 6.42 Å². The first-order valence-corrected chi connectivity index (χ1v) is 13.0. The van der Waals surface area contributed by atoms with Crippen LogP contribution in [0.4, 0.5) is 15.9 Å². The molecule has 3 aromatic carbocycles. The number of hydrogen-bond acceptors (Lipinski definition) is 6. The molecule has 0 aliphatic heterocycles. The number of aromatic amines is 1. The van der Waals surface area contributed by atoms with Gasteiger partial charge in [-0.2, -0.15) is 0 Å². The van der Waals surface area contributed by atoms with E-state index in [1.807, 2.05) is 45.0 Å². The minimum absolute atomic E-state index is 0.142. The highest BCUT2D eigenvalue weighted by Gasteiger charge is 2.26. The molecule has 9 heteroatoms. The molecule has 1 unspecified atom stereocenters. The second-order valence-electron chi connectivity index (χ2n) is 9.53. The van der Waals surface area contributed by atoms with Crippen LogP contribution in [0.25, 0.3) is 22.0 Å². The monoisotopic (exact) mass is 539 g/mol. The molecule has 0 aliphatic rings. The molecule has 0 aliphatic carbocycles. The predicted molar refractivity (Wildman–Crippen MR) is 154 cm³/mol. The summed E-state index contributed by atoms with van der Waals surface area (Å²) in [6.45, 7) is 6.01. The number of H-pyrrole nitrogens is 1. The fraction of sp³-hybridized carbons (Fsp3) is 0.194. The zero-order chi connectivity index (χ0) is 28.4. The van der Waals surface area contributed by atoms with Crippen LogP contribution in [0.1, 0.15) is 52.8 Å². The number of carboxylic acids is 1. The number of benzene rings is 3. The van der Waals surface area contributed by atoms with E-state index in [0.29, 0.717) is 47.2 Å². The van der Waals surface area contributed by atoms with E-state index in [1.54, 1.807) is 42.7 Å². The Bertz CT molecular complexity index is 1720. The van der Waals surface area contributed by atoms with Crippen molar-refractivity contribution in [1.29, 1.82) is 0 Å². The fourth-order valence-electron chi connectivity index (χ4n) is 4.79. The topological polar surface area (TPSA) is 126 Å². The molecule has 0 saturated carbocycles. The minimum Gasteiger partial charge on any atom is -0.491 e. The number of nitrogens with two attached hydrogens (primary N) is 1. The normalized spacial score (nSPS) is 11.9. The van der Waals surface area contributed by atoms with E-state index in [-0.39, 0.29) is 11.3 Å². The molecule has 204 valence electrons. The van der Waals surface area contributed by atoms with Gasteiger partial charge in [-0.3, -0.25) is 0 Å². The van der Waals surface area contributed by atoms with E-state index in [1.165, 1.54) is 0 Å². The lowest BCUT2D eigenvalue weighted by molar-refractivity contribution is 0.0697. The molecule has 5 aromatic rings. The minimum atomic E-state index is -1.05. The molecule has 0 fully saturated rings. The fourth-order valence-corrected chi connectivity index (χ4v) is 4.79. The third kappa shape index (κ3) is 5.18. The van der Waals surface area contributed by atoms with Crippen molar-refractivity contribution in [3.8, 4) is 17.0 Å². The standard InChI is InChI=1S/C31H30FN5O3/c1-4-18-13-24(27(32)26(14-18)40-5-2)28(36-20-7-9-21-19(15-20)10-11-34-29(21)33)30-35-16-25(37-30)23-12-17(3)6-8-22(23)31(38)39/h6-16,28,36H,4-5H2,1-3H3,(H2,33,34)(H,35,37)(H,38,39). The number of carboxylic acid groups (broad SMARTS) is 1. The van der Waals surface area contributed by atoms with Crippen LogP contribution >= 0.6 is 0 Å². The van der Waals surface area contributed by atoms with Gasteiger partial charge in [-0.25, -0.2) is 19.2 Å². The molecular weight excluding hydrogens is 509 g/mol. The number of nitrogens with one attached hydrogen (secondary N) is 2. The summed E-state index contributed by atoms with van der Waals surface area (Å²) in [5.74, 6) is -0.539. The zero-order valence-electron chi connectivity index (χ0n) is 22.5. The van der Waals surface area contributed by atoms with Crippen molar-refractivity contribution in [2.45, 2.75) is 33.2 Å². The van der Waals surface area contributed by atoms with Gasteiger partial charge in [0.1, 0.15) is 17.7 Å². The van der Waals surface area contributed by atoms with Gasteiger partial charge >= 0.3 is 5.97 Å². The van der Waals surface area contributed by atoms with Crippen molar-refractivity contribution in [2.75, 3.05) is 17.7 Å². The Balaban J connectivity index is 1.65. The first kappa shape index (κ1) is 26.7. The second kappa shape index (κ2) is 11.1. The third-order valence-electron chi connectivity index (χ3n) is 6.82. The van der Waals surface area contributed by atoms with E-state index in [0.717, 1.165) is 21.9 Å². The van der Waals surface area contributed by atoms with E-state index < -0.39 is 17.8 Å². The van der Waals surface area contributed by atoms with Crippen LogP contribution in [0, 0.1) is 12.7 Å². The summed E-state index contributed by atoms with van der Waals surface area (Å²) >= 11 is 0. The molecule has 2 aromatic heterocycles. The Hall–Kier alpha value is -4.92. The van der Waals surface area contributed by atoms with Crippen LogP contribution in [0.5, 0.6) is 5.75 Å². The summed E-state index contributed by atoms with van der Waals surface area (Å²) in [6, 6.07) is 15.3. The van der Waals surface area contributed by atoms with Gasteiger partial charge in [0, 0.05) is 28.4 Å². The van der Waals surface area contributed by atoms with Gasteiger partial charge in [-0.1, -0.05) is 24.6 Å². The summed E-state index contributed by atoms with van der Waals surface area (Å²) in [4.78, 5) is 23.9. The molecule has 2 heterocycles. The number of nitrogen functional groups attached to an aromatic ring is 1. The molecule has 0 spiro atoms. The third-order valence-corrected chi connectivity index (χ3v) is 6.82. The number of fused-ring (bicyclic) bond motifs is 1. The Labute approximate surface area is 231 Å². The van der Waals surface area contributed by atoms with E-state index >= 15 is 4.39 Å². The van der Waals surface area contributed by atoms with Crippen LogP contribution in [0.15, 0.2) is 67.0 Å². The Morgan fingerprint density at radius 3 is 2.70 bits per heavy atom. The highest BCUT2D eigenvalue weighted by molar-refractivity contribution is 5.95. The molecule has 40 heavy (non-hydrogen) atoms. The largest absolute Gasteiger partial charge is 0.491 e. The van der Waals surface area contributed by atoms with Crippen LogP contribution in [0.3, 0.4) is 0 Å². The summed E-state index contributed by atoms with van der Waals surface area (Å²) in [5, 5.41) is 14.9. The first-order valence-electron chi connectivity index (χ1n) is 13.0. The Morgan fingerprint density at radius 1 is 1.12 bits per heavy atom. The predicted octanol–water partition coefficient (Wildman–Crippen LogP) is 6.52. The molecular formula is C31H30FN5O3. The van der Waals surface area contributed by atoms with Crippen LogP contribution < -0.4 is 15.8 Å². The van der Waals surface area contributed by atoms with Crippen LogP contribution in [-0.4, -0.2) is 32.6 Å². The van der Waals surface area contributed by atoms with Crippen molar-refractivity contribution in [3.05, 3.63) is 101 Å². The quantitative estimate of drug-likeness (QED) is 0.168. The zero-order valence-corrected chi connectivity index (χ0v) is 22.5. The van der Waals surface area contributed by atoms with Gasteiger partial charge < -0.3 is 25.9 Å². The molecule has 8 nitrogen and oxygen atoms in total. The molecule has 0 bridgehead atoms. The number of halogens is 1. The first-order chi connectivity index (χ1) is 19.3. The summed E-state index contributed by atoms with van der Waals surface area (Å²) in [6.07, 6.45) is 3.89. The van der Waals surface area contributed by atoms with E-state index in [9.17, 15) is 9.90 Å². The maximum absolute atomic E-state index is 16.0. The lowest BCUT2D eigenvalue weighted by Gasteiger charge is -2.22.